The fourth-order valence-electron chi connectivity index (χ4n) is 3.18. The summed E-state index contributed by atoms with van der Waals surface area (Å²) in [6, 6.07) is 4.81. The number of nitrogens with zero attached hydrogens (tertiary/aromatic N) is 2. The predicted molar refractivity (Wildman–Crippen MR) is 70.2 cm³/mol. The Kier molecular flexibility index (Phi) is 2.40. The van der Waals surface area contributed by atoms with Crippen LogP contribution in [-0.4, -0.2) is 24.1 Å². The van der Waals surface area contributed by atoms with Crippen LogP contribution in [0, 0.1) is 5.41 Å². The van der Waals surface area contributed by atoms with Gasteiger partial charge in [-0.1, -0.05) is 13.8 Å². The van der Waals surface area contributed by atoms with Gasteiger partial charge in [-0.05, 0) is 30.9 Å². The van der Waals surface area contributed by atoms with Crippen molar-refractivity contribution in [2.45, 2.75) is 38.6 Å². The maximum Gasteiger partial charge on any atom is 0.0553 e. The molecule has 1 aliphatic carbocycles. The highest BCUT2D eigenvalue weighted by atomic mass is 15.2. The predicted octanol–water partition coefficient (Wildman–Crippen LogP) is 2.13. The second kappa shape index (κ2) is 3.70. The Morgan fingerprint density at radius 3 is 2.53 bits per heavy atom. The van der Waals surface area contributed by atoms with E-state index in [2.05, 4.69) is 35.9 Å². The Morgan fingerprint density at radius 1 is 1.35 bits per heavy atom. The number of rotatable bonds is 2. The highest BCUT2D eigenvalue weighted by Crippen LogP contribution is 2.48. The largest absolute Gasteiger partial charge is 0.369 e. The molecular weight excluding hydrogens is 210 g/mol. The molecule has 0 radical (unpaired) electrons. The van der Waals surface area contributed by atoms with Gasteiger partial charge in [-0.3, -0.25) is 4.98 Å². The van der Waals surface area contributed by atoms with Crippen LogP contribution in [-0.2, 0) is 0 Å². The van der Waals surface area contributed by atoms with E-state index >= 15 is 0 Å². The quantitative estimate of drug-likeness (QED) is 0.848. The molecule has 17 heavy (non-hydrogen) atoms. The fraction of sp³-hybridized carbons (Fsp3) is 0.643. The minimum atomic E-state index is 0.457. The summed E-state index contributed by atoms with van der Waals surface area (Å²) < 4.78 is 0. The van der Waals surface area contributed by atoms with E-state index in [9.17, 15) is 0 Å². The van der Waals surface area contributed by atoms with Crippen molar-refractivity contribution in [3.05, 3.63) is 24.0 Å². The van der Waals surface area contributed by atoms with Gasteiger partial charge in [0, 0.05) is 30.2 Å². The van der Waals surface area contributed by atoms with Gasteiger partial charge in [0.05, 0.1) is 11.9 Å². The van der Waals surface area contributed by atoms with Gasteiger partial charge in [-0.15, -0.1) is 0 Å². The molecule has 1 aliphatic heterocycles. The van der Waals surface area contributed by atoms with E-state index in [1.165, 1.54) is 37.3 Å². The normalized spacial score (nSPS) is 22.7. The summed E-state index contributed by atoms with van der Waals surface area (Å²) in [5.74, 6) is 0.511. The molecule has 3 rings (SSSR count). The second-order valence-electron chi connectivity index (χ2n) is 6.12. The standard InChI is InChI=1S/C14H21N3/c1-10(2)13-4-3-12(7-16-13)17-8-14(9-17)5-11(15)6-14/h3-4,7,10-11H,5-6,8-9,15H2,1-2H3. The van der Waals surface area contributed by atoms with Crippen LogP contribution in [0.15, 0.2) is 18.3 Å². The van der Waals surface area contributed by atoms with Gasteiger partial charge >= 0.3 is 0 Å². The first-order chi connectivity index (χ1) is 8.08. The van der Waals surface area contributed by atoms with E-state index in [1.807, 2.05) is 6.20 Å². The van der Waals surface area contributed by atoms with Crippen molar-refractivity contribution in [3.8, 4) is 0 Å². The topological polar surface area (TPSA) is 42.1 Å². The maximum atomic E-state index is 5.87. The third-order valence-electron chi connectivity index (χ3n) is 4.17. The molecular formula is C14H21N3. The number of pyridine rings is 1. The first-order valence-electron chi connectivity index (χ1n) is 6.54. The number of aromatic nitrogens is 1. The number of nitrogens with two attached hydrogens (primary N) is 1. The van der Waals surface area contributed by atoms with E-state index in [1.54, 1.807) is 0 Å². The van der Waals surface area contributed by atoms with Gasteiger partial charge in [-0.2, -0.15) is 0 Å². The monoisotopic (exact) mass is 231 g/mol. The molecule has 3 nitrogen and oxygen atoms in total. The molecule has 2 fully saturated rings. The highest BCUT2D eigenvalue weighted by Gasteiger charge is 2.51. The summed E-state index contributed by atoms with van der Waals surface area (Å²) in [6.45, 7) is 6.69. The van der Waals surface area contributed by atoms with Crippen molar-refractivity contribution < 1.29 is 0 Å². The molecule has 1 saturated heterocycles. The van der Waals surface area contributed by atoms with Gasteiger partial charge < -0.3 is 10.6 Å². The summed E-state index contributed by atoms with van der Waals surface area (Å²) in [6.07, 6.45) is 4.43. The lowest BCUT2D eigenvalue weighted by Gasteiger charge is -2.59. The number of hydrogen-bond acceptors (Lipinski definition) is 3. The van der Waals surface area contributed by atoms with Crippen molar-refractivity contribution in [2.24, 2.45) is 11.1 Å². The minimum Gasteiger partial charge on any atom is -0.369 e. The first kappa shape index (κ1) is 11.0. The van der Waals surface area contributed by atoms with Crippen molar-refractivity contribution in [2.75, 3.05) is 18.0 Å². The zero-order valence-corrected chi connectivity index (χ0v) is 10.7. The Morgan fingerprint density at radius 2 is 2.06 bits per heavy atom. The van der Waals surface area contributed by atoms with Crippen LogP contribution >= 0.6 is 0 Å². The van der Waals surface area contributed by atoms with Gasteiger partial charge in [0.2, 0.25) is 0 Å². The van der Waals surface area contributed by atoms with Gasteiger partial charge in [0.25, 0.3) is 0 Å². The van der Waals surface area contributed by atoms with Crippen molar-refractivity contribution in [1.29, 1.82) is 0 Å². The smallest absolute Gasteiger partial charge is 0.0553 e. The second-order valence-corrected chi connectivity index (χ2v) is 6.12. The lowest BCUT2D eigenvalue weighted by atomic mass is 9.61. The van der Waals surface area contributed by atoms with Crippen molar-refractivity contribution in [3.63, 3.8) is 0 Å². The van der Waals surface area contributed by atoms with Gasteiger partial charge in [0.1, 0.15) is 0 Å². The molecule has 1 saturated carbocycles. The van der Waals surface area contributed by atoms with Crippen LogP contribution in [0.5, 0.6) is 0 Å². The highest BCUT2D eigenvalue weighted by molar-refractivity contribution is 5.49. The zero-order chi connectivity index (χ0) is 12.0. The summed E-state index contributed by atoms with van der Waals surface area (Å²) in [5.41, 5.74) is 8.86. The Balaban J connectivity index is 1.63. The van der Waals surface area contributed by atoms with Gasteiger partial charge in [0.15, 0.2) is 0 Å². The van der Waals surface area contributed by atoms with E-state index in [0.29, 0.717) is 17.4 Å². The molecule has 3 heteroatoms. The fourth-order valence-corrected chi connectivity index (χ4v) is 3.18. The van der Waals surface area contributed by atoms with E-state index in [-0.39, 0.29) is 0 Å². The zero-order valence-electron chi connectivity index (χ0n) is 10.7. The molecule has 0 bridgehead atoms. The summed E-state index contributed by atoms with van der Waals surface area (Å²) in [4.78, 5) is 6.94. The van der Waals surface area contributed by atoms with Crippen LogP contribution in [0.4, 0.5) is 5.69 Å². The molecule has 2 N–H and O–H groups in total. The Bertz CT molecular complexity index is 396. The Labute approximate surface area is 103 Å². The molecule has 1 aromatic heterocycles. The van der Waals surface area contributed by atoms with E-state index < -0.39 is 0 Å². The molecule has 1 spiro atoms. The van der Waals surface area contributed by atoms with Crippen LogP contribution in [0.1, 0.15) is 38.3 Å². The van der Waals surface area contributed by atoms with Gasteiger partial charge in [-0.25, -0.2) is 0 Å². The lowest BCUT2D eigenvalue weighted by molar-refractivity contribution is 0.0665. The third-order valence-corrected chi connectivity index (χ3v) is 4.17. The maximum absolute atomic E-state index is 5.87. The first-order valence-corrected chi connectivity index (χ1v) is 6.54. The summed E-state index contributed by atoms with van der Waals surface area (Å²) >= 11 is 0. The number of anilines is 1. The van der Waals surface area contributed by atoms with Crippen molar-refractivity contribution in [1.82, 2.24) is 4.98 Å². The van der Waals surface area contributed by atoms with E-state index in [0.717, 1.165) is 0 Å². The van der Waals surface area contributed by atoms with Crippen LogP contribution < -0.4 is 10.6 Å². The third kappa shape index (κ3) is 1.82. The molecule has 1 aromatic rings. The lowest BCUT2D eigenvalue weighted by Crippen LogP contribution is -2.65. The van der Waals surface area contributed by atoms with Crippen molar-refractivity contribution >= 4 is 5.69 Å². The van der Waals surface area contributed by atoms with Crippen LogP contribution in [0.25, 0.3) is 0 Å². The molecule has 0 unspecified atom stereocenters. The SMILES string of the molecule is CC(C)c1ccc(N2CC3(CC(N)C3)C2)cn1. The van der Waals surface area contributed by atoms with Crippen LogP contribution in [0.3, 0.4) is 0 Å². The Hall–Kier alpha value is -1.09. The van der Waals surface area contributed by atoms with E-state index in [4.69, 9.17) is 5.73 Å². The summed E-state index contributed by atoms with van der Waals surface area (Å²) in [7, 11) is 0. The molecule has 0 atom stereocenters. The molecule has 2 aliphatic rings. The average molecular weight is 231 g/mol. The molecule has 92 valence electrons. The molecule has 0 amide bonds. The average Bonchev–Trinajstić information content (AvgIpc) is 2.21. The van der Waals surface area contributed by atoms with Crippen LogP contribution in [0.2, 0.25) is 0 Å². The number of hydrogen-bond donors (Lipinski definition) is 1. The molecule has 0 aromatic carbocycles. The molecule has 2 heterocycles. The minimum absolute atomic E-state index is 0.457. The summed E-state index contributed by atoms with van der Waals surface area (Å²) in [5, 5.41) is 0.